The first kappa shape index (κ1) is 15.7. The number of aryl methyl sites for hydroxylation is 1. The van der Waals surface area contributed by atoms with Crippen molar-refractivity contribution in [1.82, 2.24) is 10.3 Å². The van der Waals surface area contributed by atoms with E-state index in [1.165, 1.54) is 12.5 Å². The van der Waals surface area contributed by atoms with E-state index in [0.29, 0.717) is 12.1 Å². The van der Waals surface area contributed by atoms with Crippen LogP contribution in [0.4, 0.5) is 10.1 Å². The summed E-state index contributed by atoms with van der Waals surface area (Å²) in [6, 6.07) is 6.91. The molecule has 1 fully saturated rings. The predicted octanol–water partition coefficient (Wildman–Crippen LogP) is 3.40. The van der Waals surface area contributed by atoms with Gasteiger partial charge in [0.2, 0.25) is 5.91 Å². The molecular formula is C18H22FN3O. The van der Waals surface area contributed by atoms with Gasteiger partial charge in [0.05, 0.1) is 0 Å². The van der Waals surface area contributed by atoms with Crippen molar-refractivity contribution >= 4 is 22.5 Å². The van der Waals surface area contributed by atoms with Crippen LogP contribution in [0.2, 0.25) is 0 Å². The van der Waals surface area contributed by atoms with E-state index in [4.69, 9.17) is 0 Å². The molecule has 1 amide bonds. The summed E-state index contributed by atoms with van der Waals surface area (Å²) in [5.74, 6) is 0.114. The first-order chi connectivity index (χ1) is 11.1. The Hall–Kier alpha value is -2.17. The average molecular weight is 315 g/mol. The Kier molecular flexibility index (Phi) is 4.74. The molecule has 23 heavy (non-hydrogen) atoms. The molecule has 0 unspecified atom stereocenters. The van der Waals surface area contributed by atoms with Crippen LogP contribution in [0, 0.1) is 18.7 Å². The first-order valence-corrected chi connectivity index (χ1v) is 8.22. The van der Waals surface area contributed by atoms with Gasteiger partial charge in [-0.1, -0.05) is 18.6 Å². The average Bonchev–Trinajstić information content (AvgIpc) is 2.46. The largest absolute Gasteiger partial charge is 0.384 e. The van der Waals surface area contributed by atoms with Crippen molar-refractivity contribution in [2.45, 2.75) is 32.6 Å². The Labute approximate surface area is 135 Å². The summed E-state index contributed by atoms with van der Waals surface area (Å²) >= 11 is 0. The number of anilines is 1. The van der Waals surface area contributed by atoms with E-state index < -0.39 is 0 Å². The number of hydrogen-bond acceptors (Lipinski definition) is 3. The van der Waals surface area contributed by atoms with Crippen molar-refractivity contribution < 1.29 is 9.18 Å². The second-order valence-corrected chi connectivity index (χ2v) is 6.15. The smallest absolute Gasteiger partial charge is 0.223 e. The fourth-order valence-corrected chi connectivity index (χ4v) is 2.83. The number of para-hydroxylation sites is 1. The van der Waals surface area contributed by atoms with Crippen molar-refractivity contribution in [3.8, 4) is 0 Å². The van der Waals surface area contributed by atoms with Gasteiger partial charge in [-0.2, -0.15) is 0 Å². The van der Waals surface area contributed by atoms with Crippen LogP contribution in [0.1, 0.15) is 31.4 Å². The van der Waals surface area contributed by atoms with Crippen LogP contribution in [0.25, 0.3) is 10.9 Å². The molecule has 2 aromatic rings. The number of carbonyl (C=O) groups is 1. The summed E-state index contributed by atoms with van der Waals surface area (Å²) < 4.78 is 13.9. The SMILES string of the molecule is Cc1cc(NCCCNC(=O)C2CCC2)c2cccc(F)c2n1. The van der Waals surface area contributed by atoms with Crippen molar-refractivity contribution in [3.05, 3.63) is 35.8 Å². The first-order valence-electron chi connectivity index (χ1n) is 8.22. The van der Waals surface area contributed by atoms with Gasteiger partial charge in [0.15, 0.2) is 0 Å². The van der Waals surface area contributed by atoms with Gasteiger partial charge >= 0.3 is 0 Å². The van der Waals surface area contributed by atoms with E-state index >= 15 is 0 Å². The van der Waals surface area contributed by atoms with Crippen LogP contribution in [-0.2, 0) is 4.79 Å². The molecule has 0 atom stereocenters. The highest BCUT2D eigenvalue weighted by Crippen LogP contribution is 2.26. The van der Waals surface area contributed by atoms with Gasteiger partial charge in [0, 0.05) is 35.8 Å². The number of halogens is 1. The number of benzene rings is 1. The highest BCUT2D eigenvalue weighted by atomic mass is 19.1. The van der Waals surface area contributed by atoms with Gasteiger partial charge in [-0.3, -0.25) is 4.79 Å². The van der Waals surface area contributed by atoms with Crippen molar-refractivity contribution in [1.29, 1.82) is 0 Å². The molecule has 3 rings (SSSR count). The zero-order chi connectivity index (χ0) is 16.2. The van der Waals surface area contributed by atoms with Gasteiger partial charge in [-0.25, -0.2) is 9.37 Å². The molecule has 0 spiro atoms. The third-order valence-electron chi connectivity index (χ3n) is 4.36. The van der Waals surface area contributed by atoms with Gasteiger partial charge < -0.3 is 10.6 Å². The summed E-state index contributed by atoms with van der Waals surface area (Å²) in [6.45, 7) is 3.24. The van der Waals surface area contributed by atoms with E-state index in [0.717, 1.165) is 42.6 Å². The molecule has 0 aliphatic heterocycles. The monoisotopic (exact) mass is 315 g/mol. The highest BCUT2D eigenvalue weighted by Gasteiger charge is 2.24. The molecule has 1 aliphatic rings. The van der Waals surface area contributed by atoms with Gasteiger partial charge in [0.1, 0.15) is 11.3 Å². The van der Waals surface area contributed by atoms with E-state index in [2.05, 4.69) is 15.6 Å². The minimum absolute atomic E-state index is 0.184. The van der Waals surface area contributed by atoms with Crippen LogP contribution in [0.5, 0.6) is 0 Å². The maximum absolute atomic E-state index is 13.9. The van der Waals surface area contributed by atoms with Crippen molar-refractivity contribution in [2.24, 2.45) is 5.92 Å². The number of rotatable bonds is 6. The number of hydrogen-bond donors (Lipinski definition) is 2. The van der Waals surface area contributed by atoms with E-state index in [1.54, 1.807) is 6.07 Å². The molecule has 1 aliphatic carbocycles. The van der Waals surface area contributed by atoms with Crippen LogP contribution < -0.4 is 10.6 Å². The van der Waals surface area contributed by atoms with E-state index in [-0.39, 0.29) is 17.6 Å². The van der Waals surface area contributed by atoms with Crippen LogP contribution in [0.3, 0.4) is 0 Å². The molecule has 122 valence electrons. The molecule has 0 bridgehead atoms. The fraction of sp³-hybridized carbons (Fsp3) is 0.444. The number of pyridine rings is 1. The van der Waals surface area contributed by atoms with Crippen LogP contribution >= 0.6 is 0 Å². The number of nitrogens with one attached hydrogen (secondary N) is 2. The molecule has 0 saturated heterocycles. The lowest BCUT2D eigenvalue weighted by Crippen LogP contribution is -2.35. The van der Waals surface area contributed by atoms with Crippen LogP contribution in [0.15, 0.2) is 24.3 Å². The van der Waals surface area contributed by atoms with Crippen LogP contribution in [-0.4, -0.2) is 24.0 Å². The number of fused-ring (bicyclic) bond motifs is 1. The summed E-state index contributed by atoms with van der Waals surface area (Å²) in [6.07, 6.45) is 4.05. The number of aromatic nitrogens is 1. The standard InChI is InChI=1S/C18H22FN3O/c1-12-11-16(14-7-3-8-15(19)17(14)22-12)20-9-4-10-21-18(23)13-5-2-6-13/h3,7-8,11,13H,2,4-6,9-10H2,1H3,(H,20,22)(H,21,23). The molecule has 1 aromatic heterocycles. The fourth-order valence-electron chi connectivity index (χ4n) is 2.83. The molecule has 1 heterocycles. The molecule has 1 saturated carbocycles. The molecule has 2 N–H and O–H groups in total. The quantitative estimate of drug-likeness (QED) is 0.803. The normalized spacial score (nSPS) is 14.5. The third-order valence-corrected chi connectivity index (χ3v) is 4.36. The minimum Gasteiger partial charge on any atom is -0.384 e. The Bertz CT molecular complexity index is 713. The molecule has 4 nitrogen and oxygen atoms in total. The lowest BCUT2D eigenvalue weighted by atomic mass is 9.85. The van der Waals surface area contributed by atoms with Gasteiger partial charge in [-0.15, -0.1) is 0 Å². The lowest BCUT2D eigenvalue weighted by molar-refractivity contribution is -0.127. The van der Waals surface area contributed by atoms with Gasteiger partial charge in [0.25, 0.3) is 0 Å². The van der Waals surface area contributed by atoms with E-state index in [1.807, 2.05) is 19.1 Å². The van der Waals surface area contributed by atoms with Crippen molar-refractivity contribution in [3.63, 3.8) is 0 Å². The Morgan fingerprint density at radius 2 is 2.17 bits per heavy atom. The summed E-state index contributed by atoms with van der Waals surface area (Å²) in [5, 5.41) is 7.09. The second-order valence-electron chi connectivity index (χ2n) is 6.15. The summed E-state index contributed by atoms with van der Waals surface area (Å²) in [5.41, 5.74) is 2.06. The second kappa shape index (κ2) is 6.94. The summed E-state index contributed by atoms with van der Waals surface area (Å²) in [4.78, 5) is 16.0. The Morgan fingerprint density at radius 1 is 1.35 bits per heavy atom. The zero-order valence-electron chi connectivity index (χ0n) is 13.4. The topological polar surface area (TPSA) is 54.0 Å². The lowest BCUT2D eigenvalue weighted by Gasteiger charge is -2.24. The molecule has 1 aromatic carbocycles. The number of carbonyl (C=O) groups excluding carboxylic acids is 1. The Balaban J connectivity index is 1.55. The van der Waals surface area contributed by atoms with Crippen molar-refractivity contribution in [2.75, 3.05) is 18.4 Å². The molecule has 0 radical (unpaired) electrons. The predicted molar refractivity (Wildman–Crippen MR) is 89.9 cm³/mol. The maximum atomic E-state index is 13.9. The maximum Gasteiger partial charge on any atom is 0.223 e. The molecule has 5 heteroatoms. The summed E-state index contributed by atoms with van der Waals surface area (Å²) in [7, 11) is 0. The third kappa shape index (κ3) is 3.60. The number of amides is 1. The minimum atomic E-state index is -0.304. The highest BCUT2D eigenvalue weighted by molar-refractivity contribution is 5.91. The zero-order valence-corrected chi connectivity index (χ0v) is 13.4. The Morgan fingerprint density at radius 3 is 2.91 bits per heavy atom. The number of nitrogens with zero attached hydrogens (tertiary/aromatic N) is 1. The molecular weight excluding hydrogens is 293 g/mol. The van der Waals surface area contributed by atoms with Gasteiger partial charge in [-0.05, 0) is 38.3 Å². The van der Waals surface area contributed by atoms with E-state index in [9.17, 15) is 9.18 Å².